The van der Waals surface area contributed by atoms with Gasteiger partial charge in [-0.1, -0.05) is 17.8 Å². The van der Waals surface area contributed by atoms with E-state index in [2.05, 4.69) is 15.5 Å². The summed E-state index contributed by atoms with van der Waals surface area (Å²) in [5.74, 6) is 0.354. The molecule has 3 rings (SSSR count). The lowest BCUT2D eigenvalue weighted by Crippen LogP contribution is -2.15. The Bertz CT molecular complexity index is 931. The van der Waals surface area contributed by atoms with Crippen molar-refractivity contribution in [1.82, 2.24) is 10.2 Å². The van der Waals surface area contributed by atoms with Crippen molar-refractivity contribution < 1.29 is 13.9 Å². The minimum absolute atomic E-state index is 0.159. The number of carbonyl (C=O) groups excluding carboxylic acids is 1. The van der Waals surface area contributed by atoms with Gasteiger partial charge in [-0.3, -0.25) is 4.79 Å². The average molecular weight is 383 g/mol. The second-order valence-electron chi connectivity index (χ2n) is 5.80. The molecule has 1 amide bonds. The van der Waals surface area contributed by atoms with Crippen LogP contribution in [0.4, 0.5) is 10.1 Å². The third kappa shape index (κ3) is 5.04. The fraction of sp³-hybridized carbons (Fsp3) is 0.150. The number of aromatic nitrogens is 2. The van der Waals surface area contributed by atoms with Gasteiger partial charge >= 0.3 is 0 Å². The van der Waals surface area contributed by atoms with Crippen LogP contribution in [-0.2, 0) is 4.79 Å². The maximum absolute atomic E-state index is 13.0. The molecule has 0 unspecified atom stereocenters. The lowest BCUT2D eigenvalue weighted by molar-refractivity contribution is -0.113. The molecule has 5 nitrogen and oxygen atoms in total. The van der Waals surface area contributed by atoms with Crippen LogP contribution in [0.2, 0.25) is 0 Å². The first-order chi connectivity index (χ1) is 13.0. The molecule has 138 valence electrons. The number of ether oxygens (including phenoxy) is 1. The van der Waals surface area contributed by atoms with Gasteiger partial charge in [-0.25, -0.2) is 4.39 Å². The molecule has 1 aromatic heterocycles. The topological polar surface area (TPSA) is 64.1 Å². The van der Waals surface area contributed by atoms with Gasteiger partial charge in [0.2, 0.25) is 5.91 Å². The first-order valence-corrected chi connectivity index (χ1v) is 9.20. The van der Waals surface area contributed by atoms with Crippen LogP contribution >= 0.6 is 11.8 Å². The fourth-order valence-electron chi connectivity index (χ4n) is 2.42. The molecule has 0 aliphatic rings. The number of anilines is 1. The largest absolute Gasteiger partial charge is 0.495 e. The molecule has 0 spiro atoms. The summed E-state index contributed by atoms with van der Waals surface area (Å²) in [7, 11) is 1.56. The number of nitrogens with zero attached hydrogens (tertiary/aromatic N) is 2. The van der Waals surface area contributed by atoms with E-state index in [1.807, 2.05) is 25.1 Å². The van der Waals surface area contributed by atoms with Crippen molar-refractivity contribution in [2.45, 2.75) is 11.9 Å². The number of rotatable bonds is 6. The summed E-state index contributed by atoms with van der Waals surface area (Å²) in [6.07, 6.45) is 0. The standard InChI is InChI=1S/C20H18FN3O2S/c1-13-3-9-18(26-2)17(11-13)22-19(25)12-27-20-10-8-16(23-24-20)14-4-6-15(21)7-5-14/h3-11H,12H2,1-2H3,(H,22,25). The number of benzene rings is 2. The van der Waals surface area contributed by atoms with E-state index in [4.69, 9.17) is 4.74 Å². The zero-order chi connectivity index (χ0) is 19.2. The van der Waals surface area contributed by atoms with E-state index in [-0.39, 0.29) is 17.5 Å². The molecule has 0 saturated carbocycles. The molecular formula is C20H18FN3O2S. The minimum atomic E-state index is -0.296. The molecule has 0 saturated heterocycles. The van der Waals surface area contributed by atoms with Gasteiger partial charge < -0.3 is 10.1 Å². The van der Waals surface area contributed by atoms with Gasteiger partial charge in [-0.15, -0.1) is 10.2 Å². The highest BCUT2D eigenvalue weighted by Crippen LogP contribution is 2.26. The van der Waals surface area contributed by atoms with E-state index in [9.17, 15) is 9.18 Å². The number of methoxy groups -OCH3 is 1. The number of halogens is 1. The number of carbonyl (C=O) groups is 1. The first-order valence-electron chi connectivity index (χ1n) is 8.22. The van der Waals surface area contributed by atoms with Gasteiger partial charge in [0.25, 0.3) is 0 Å². The maximum Gasteiger partial charge on any atom is 0.234 e. The second-order valence-corrected chi connectivity index (χ2v) is 6.80. The van der Waals surface area contributed by atoms with E-state index in [1.54, 1.807) is 31.4 Å². The average Bonchev–Trinajstić information content (AvgIpc) is 2.68. The van der Waals surface area contributed by atoms with E-state index in [0.29, 0.717) is 22.2 Å². The molecule has 0 aliphatic heterocycles. The number of thioether (sulfide) groups is 1. The Kier molecular flexibility index (Phi) is 6.03. The van der Waals surface area contributed by atoms with Crippen LogP contribution in [0, 0.1) is 12.7 Å². The molecular weight excluding hydrogens is 365 g/mol. The van der Waals surface area contributed by atoms with Crippen molar-refractivity contribution in [2.24, 2.45) is 0 Å². The Hall–Kier alpha value is -2.93. The molecule has 1 N–H and O–H groups in total. The van der Waals surface area contributed by atoms with Crippen LogP contribution in [0.3, 0.4) is 0 Å². The number of aryl methyl sites for hydroxylation is 1. The maximum atomic E-state index is 13.0. The van der Waals surface area contributed by atoms with Crippen molar-refractivity contribution in [3.8, 4) is 17.0 Å². The Balaban J connectivity index is 1.59. The summed E-state index contributed by atoms with van der Waals surface area (Å²) in [4.78, 5) is 12.2. The zero-order valence-electron chi connectivity index (χ0n) is 14.9. The Morgan fingerprint density at radius 1 is 1.11 bits per heavy atom. The van der Waals surface area contributed by atoms with Gasteiger partial charge in [0.1, 0.15) is 16.6 Å². The molecule has 27 heavy (non-hydrogen) atoms. The summed E-state index contributed by atoms with van der Waals surface area (Å²) in [5, 5.41) is 11.7. The lowest BCUT2D eigenvalue weighted by atomic mass is 10.1. The molecule has 2 aromatic carbocycles. The van der Waals surface area contributed by atoms with Gasteiger partial charge in [-0.2, -0.15) is 0 Å². The van der Waals surface area contributed by atoms with Gasteiger partial charge in [0, 0.05) is 5.56 Å². The van der Waals surface area contributed by atoms with Crippen LogP contribution in [0.5, 0.6) is 5.75 Å². The minimum Gasteiger partial charge on any atom is -0.495 e. The molecule has 7 heteroatoms. The molecule has 0 atom stereocenters. The Morgan fingerprint density at radius 3 is 2.56 bits per heavy atom. The van der Waals surface area contributed by atoms with Gasteiger partial charge in [-0.05, 0) is 61.0 Å². The van der Waals surface area contributed by atoms with Crippen LogP contribution < -0.4 is 10.1 Å². The first kappa shape index (κ1) is 18.8. The lowest BCUT2D eigenvalue weighted by Gasteiger charge is -2.10. The van der Waals surface area contributed by atoms with E-state index < -0.39 is 0 Å². The summed E-state index contributed by atoms with van der Waals surface area (Å²) in [6, 6.07) is 15.2. The molecule has 1 heterocycles. The summed E-state index contributed by atoms with van der Waals surface area (Å²) >= 11 is 1.29. The van der Waals surface area contributed by atoms with Crippen LogP contribution in [0.25, 0.3) is 11.3 Å². The third-order valence-corrected chi connectivity index (χ3v) is 4.68. The van der Waals surface area contributed by atoms with Crippen molar-refractivity contribution in [3.05, 3.63) is 66.0 Å². The van der Waals surface area contributed by atoms with Crippen molar-refractivity contribution in [2.75, 3.05) is 18.2 Å². The van der Waals surface area contributed by atoms with E-state index >= 15 is 0 Å². The van der Waals surface area contributed by atoms with Gasteiger partial charge in [0.15, 0.2) is 0 Å². The van der Waals surface area contributed by atoms with Crippen LogP contribution in [-0.4, -0.2) is 29.0 Å². The van der Waals surface area contributed by atoms with Gasteiger partial charge in [0.05, 0.1) is 24.2 Å². The smallest absolute Gasteiger partial charge is 0.234 e. The predicted molar refractivity (Wildman–Crippen MR) is 105 cm³/mol. The highest BCUT2D eigenvalue weighted by atomic mass is 32.2. The van der Waals surface area contributed by atoms with Crippen LogP contribution in [0.1, 0.15) is 5.56 Å². The Labute approximate surface area is 161 Å². The normalized spacial score (nSPS) is 10.5. The second kappa shape index (κ2) is 8.64. The monoisotopic (exact) mass is 383 g/mol. The zero-order valence-corrected chi connectivity index (χ0v) is 15.7. The SMILES string of the molecule is COc1ccc(C)cc1NC(=O)CSc1ccc(-c2ccc(F)cc2)nn1. The number of nitrogens with one attached hydrogen (secondary N) is 1. The van der Waals surface area contributed by atoms with E-state index in [1.165, 1.54) is 23.9 Å². The number of amides is 1. The van der Waals surface area contributed by atoms with Crippen molar-refractivity contribution in [3.63, 3.8) is 0 Å². The van der Waals surface area contributed by atoms with Crippen molar-refractivity contribution in [1.29, 1.82) is 0 Å². The number of hydrogen-bond acceptors (Lipinski definition) is 5. The fourth-order valence-corrected chi connectivity index (χ4v) is 3.03. The molecule has 0 fully saturated rings. The molecule has 0 bridgehead atoms. The molecule has 0 radical (unpaired) electrons. The summed E-state index contributed by atoms with van der Waals surface area (Å²) in [5.41, 5.74) is 3.10. The van der Waals surface area contributed by atoms with Crippen molar-refractivity contribution >= 4 is 23.4 Å². The third-order valence-electron chi connectivity index (χ3n) is 3.76. The van der Waals surface area contributed by atoms with Crippen LogP contribution in [0.15, 0.2) is 59.6 Å². The number of hydrogen-bond donors (Lipinski definition) is 1. The summed E-state index contributed by atoms with van der Waals surface area (Å²) < 4.78 is 18.2. The quantitative estimate of drug-likeness (QED) is 0.642. The Morgan fingerprint density at radius 2 is 1.89 bits per heavy atom. The molecule has 3 aromatic rings. The highest BCUT2D eigenvalue weighted by Gasteiger charge is 2.09. The predicted octanol–water partition coefficient (Wildman–Crippen LogP) is 4.33. The summed E-state index contributed by atoms with van der Waals surface area (Å²) in [6.45, 7) is 1.95. The van der Waals surface area contributed by atoms with E-state index in [0.717, 1.165) is 11.1 Å². The molecule has 0 aliphatic carbocycles. The highest BCUT2D eigenvalue weighted by molar-refractivity contribution is 7.99.